The van der Waals surface area contributed by atoms with Crippen LogP contribution in [-0.2, 0) is 13.1 Å². The van der Waals surface area contributed by atoms with Gasteiger partial charge in [0.15, 0.2) is 5.78 Å². The van der Waals surface area contributed by atoms with Gasteiger partial charge < -0.3 is 4.57 Å². The van der Waals surface area contributed by atoms with Gasteiger partial charge in [-0.3, -0.25) is 9.69 Å². The van der Waals surface area contributed by atoms with Gasteiger partial charge in [-0.05, 0) is 36.2 Å². The second kappa shape index (κ2) is 9.89. The molecular formula is C24H28N2O. The van der Waals surface area contributed by atoms with E-state index in [0.717, 1.165) is 38.2 Å². The first-order chi connectivity index (χ1) is 13.3. The summed E-state index contributed by atoms with van der Waals surface area (Å²) < 4.78 is 2.05. The van der Waals surface area contributed by atoms with Gasteiger partial charge in [-0.2, -0.15) is 0 Å². The molecule has 0 atom stereocenters. The molecule has 140 valence electrons. The molecule has 0 N–H and O–H groups in total. The average Bonchev–Trinajstić information content (AvgIpc) is 3.16. The fourth-order valence-electron chi connectivity index (χ4n) is 3.31. The Morgan fingerprint density at radius 1 is 0.889 bits per heavy atom. The topological polar surface area (TPSA) is 25.2 Å². The molecule has 3 heteroatoms. The summed E-state index contributed by atoms with van der Waals surface area (Å²) in [6, 6.07) is 24.6. The lowest BCUT2D eigenvalue weighted by Crippen LogP contribution is -2.31. The molecule has 0 aliphatic carbocycles. The summed E-state index contributed by atoms with van der Waals surface area (Å²) >= 11 is 0. The Hall–Kier alpha value is -2.65. The number of rotatable bonds is 10. The number of carbonyl (C=O) groups is 1. The van der Waals surface area contributed by atoms with Crippen LogP contribution >= 0.6 is 0 Å². The third-order valence-electron chi connectivity index (χ3n) is 4.76. The summed E-state index contributed by atoms with van der Waals surface area (Å²) in [6.45, 7) is 5.12. The van der Waals surface area contributed by atoms with Crippen molar-refractivity contribution >= 4 is 5.78 Å². The second-order valence-corrected chi connectivity index (χ2v) is 6.98. The van der Waals surface area contributed by atoms with Crippen LogP contribution < -0.4 is 0 Å². The molecule has 2 aromatic carbocycles. The van der Waals surface area contributed by atoms with Gasteiger partial charge in [0.2, 0.25) is 0 Å². The number of nitrogens with zero attached hydrogens (tertiary/aromatic N) is 2. The molecule has 3 aromatic rings. The van der Waals surface area contributed by atoms with Gasteiger partial charge in [0, 0.05) is 19.3 Å². The number of benzene rings is 2. The quantitative estimate of drug-likeness (QED) is 0.474. The van der Waals surface area contributed by atoms with E-state index in [0.29, 0.717) is 6.54 Å². The molecule has 0 unspecified atom stereocenters. The van der Waals surface area contributed by atoms with E-state index in [1.54, 1.807) is 0 Å². The normalized spacial score (nSPS) is 11.0. The maximum absolute atomic E-state index is 13.0. The van der Waals surface area contributed by atoms with Crippen molar-refractivity contribution in [3.8, 4) is 0 Å². The maximum Gasteiger partial charge on any atom is 0.193 e. The molecule has 0 aliphatic rings. The first-order valence-corrected chi connectivity index (χ1v) is 9.75. The zero-order valence-corrected chi connectivity index (χ0v) is 16.1. The first-order valence-electron chi connectivity index (χ1n) is 9.75. The molecule has 0 radical (unpaired) electrons. The van der Waals surface area contributed by atoms with Gasteiger partial charge in [-0.25, -0.2) is 0 Å². The number of carbonyl (C=O) groups excluding carboxylic acids is 1. The van der Waals surface area contributed by atoms with Crippen LogP contribution in [0.15, 0.2) is 79.0 Å². The largest absolute Gasteiger partial charge is 0.341 e. The smallest absolute Gasteiger partial charge is 0.193 e. The van der Waals surface area contributed by atoms with Crippen LogP contribution in [0.4, 0.5) is 0 Å². The summed E-state index contributed by atoms with van der Waals surface area (Å²) in [7, 11) is 0. The van der Waals surface area contributed by atoms with E-state index >= 15 is 0 Å². The van der Waals surface area contributed by atoms with Crippen molar-refractivity contribution in [2.45, 2.75) is 32.9 Å². The highest BCUT2D eigenvalue weighted by molar-refractivity contribution is 5.96. The second-order valence-electron chi connectivity index (χ2n) is 6.98. The van der Waals surface area contributed by atoms with E-state index in [4.69, 9.17) is 0 Å². The molecule has 3 rings (SSSR count). The van der Waals surface area contributed by atoms with E-state index in [1.165, 1.54) is 11.1 Å². The minimum Gasteiger partial charge on any atom is -0.341 e. The van der Waals surface area contributed by atoms with E-state index < -0.39 is 0 Å². The van der Waals surface area contributed by atoms with Gasteiger partial charge in [-0.15, -0.1) is 0 Å². The van der Waals surface area contributed by atoms with E-state index in [-0.39, 0.29) is 5.78 Å². The number of hydrogen-bond acceptors (Lipinski definition) is 2. The lowest BCUT2D eigenvalue weighted by Gasteiger charge is -2.22. The SMILES string of the molecule is CCCCN(CC(=O)c1cccn1Cc1ccccc1)Cc1ccccc1. The molecule has 0 spiro atoms. The molecule has 1 heterocycles. The van der Waals surface area contributed by atoms with Gasteiger partial charge in [0.25, 0.3) is 0 Å². The third-order valence-corrected chi connectivity index (χ3v) is 4.76. The van der Waals surface area contributed by atoms with Crippen molar-refractivity contribution in [1.82, 2.24) is 9.47 Å². The molecule has 0 amide bonds. The zero-order chi connectivity index (χ0) is 18.9. The highest BCUT2D eigenvalue weighted by atomic mass is 16.1. The molecule has 0 saturated heterocycles. The molecule has 27 heavy (non-hydrogen) atoms. The summed E-state index contributed by atoms with van der Waals surface area (Å²) in [5, 5.41) is 0. The highest BCUT2D eigenvalue weighted by Crippen LogP contribution is 2.12. The fraction of sp³-hybridized carbons (Fsp3) is 0.292. The van der Waals surface area contributed by atoms with Crippen LogP contribution in [0.2, 0.25) is 0 Å². The van der Waals surface area contributed by atoms with Gasteiger partial charge >= 0.3 is 0 Å². The van der Waals surface area contributed by atoms with Crippen LogP contribution in [0.25, 0.3) is 0 Å². The van der Waals surface area contributed by atoms with Crippen LogP contribution in [0.1, 0.15) is 41.4 Å². The minimum absolute atomic E-state index is 0.183. The van der Waals surface area contributed by atoms with Crippen molar-refractivity contribution in [2.24, 2.45) is 0 Å². The summed E-state index contributed by atoms with van der Waals surface area (Å²) in [5.74, 6) is 0.183. The lowest BCUT2D eigenvalue weighted by atomic mass is 10.1. The summed E-state index contributed by atoms with van der Waals surface area (Å²) in [5.41, 5.74) is 3.24. The van der Waals surface area contributed by atoms with Crippen LogP contribution in [0, 0.1) is 0 Å². The Labute approximate surface area is 162 Å². The number of unbranched alkanes of at least 4 members (excludes halogenated alkanes) is 1. The predicted molar refractivity (Wildman–Crippen MR) is 111 cm³/mol. The molecule has 3 nitrogen and oxygen atoms in total. The Bertz CT molecular complexity index is 824. The Balaban J connectivity index is 1.69. The standard InChI is InChI=1S/C24H28N2O/c1-2-3-16-25(18-21-11-6-4-7-12-21)20-24(27)23-15-10-17-26(23)19-22-13-8-5-9-14-22/h4-15,17H,2-3,16,18-20H2,1H3. The minimum atomic E-state index is 0.183. The molecule has 0 aliphatic heterocycles. The molecule has 0 fully saturated rings. The van der Waals surface area contributed by atoms with Crippen molar-refractivity contribution in [2.75, 3.05) is 13.1 Å². The first kappa shape index (κ1) is 19.1. The molecule has 1 aromatic heterocycles. The fourth-order valence-corrected chi connectivity index (χ4v) is 3.31. The maximum atomic E-state index is 13.0. The van der Waals surface area contributed by atoms with Gasteiger partial charge in [0.1, 0.15) is 0 Å². The van der Waals surface area contributed by atoms with Gasteiger partial charge in [-0.1, -0.05) is 74.0 Å². The lowest BCUT2D eigenvalue weighted by molar-refractivity contribution is 0.0915. The Morgan fingerprint density at radius 2 is 1.56 bits per heavy atom. The van der Waals surface area contributed by atoms with E-state index in [1.807, 2.05) is 42.6 Å². The zero-order valence-electron chi connectivity index (χ0n) is 16.1. The highest BCUT2D eigenvalue weighted by Gasteiger charge is 2.16. The third kappa shape index (κ3) is 5.66. The van der Waals surface area contributed by atoms with Crippen LogP contribution in [0.5, 0.6) is 0 Å². The summed E-state index contributed by atoms with van der Waals surface area (Å²) in [4.78, 5) is 15.3. The number of aromatic nitrogens is 1. The summed E-state index contributed by atoms with van der Waals surface area (Å²) in [6.07, 6.45) is 4.23. The van der Waals surface area contributed by atoms with Crippen molar-refractivity contribution in [3.05, 3.63) is 95.8 Å². The van der Waals surface area contributed by atoms with Crippen molar-refractivity contribution < 1.29 is 4.79 Å². The molecule has 0 saturated carbocycles. The van der Waals surface area contributed by atoms with Crippen LogP contribution in [-0.4, -0.2) is 28.3 Å². The van der Waals surface area contributed by atoms with Crippen molar-refractivity contribution in [3.63, 3.8) is 0 Å². The predicted octanol–water partition coefficient (Wildman–Crippen LogP) is 5.02. The van der Waals surface area contributed by atoms with Crippen molar-refractivity contribution in [1.29, 1.82) is 0 Å². The molecule has 0 bridgehead atoms. The average molecular weight is 361 g/mol. The van der Waals surface area contributed by atoms with Gasteiger partial charge in [0.05, 0.1) is 12.2 Å². The van der Waals surface area contributed by atoms with E-state index in [9.17, 15) is 4.79 Å². The number of Topliss-reactive ketones (excluding diaryl/α,β-unsaturated/α-hetero) is 1. The Morgan fingerprint density at radius 3 is 2.22 bits per heavy atom. The monoisotopic (exact) mass is 360 g/mol. The Kier molecular flexibility index (Phi) is 7.00. The van der Waals surface area contributed by atoms with Crippen LogP contribution in [0.3, 0.4) is 0 Å². The molecular weight excluding hydrogens is 332 g/mol. The van der Waals surface area contributed by atoms with E-state index in [2.05, 4.69) is 52.8 Å². The number of hydrogen-bond donors (Lipinski definition) is 0. The number of ketones is 1.